The summed E-state index contributed by atoms with van der Waals surface area (Å²) in [5.74, 6) is 0.808. The van der Waals surface area contributed by atoms with Crippen LogP contribution < -0.4 is 4.74 Å². The molecule has 0 spiro atoms. The number of ether oxygens (including phenoxy) is 1. The number of aldehydes is 1. The summed E-state index contributed by atoms with van der Waals surface area (Å²) in [6.45, 7) is 0.669. The SMILES string of the molecule is O=Cc1nccc2c1CCO2. The molecule has 11 heavy (non-hydrogen) atoms. The van der Waals surface area contributed by atoms with E-state index >= 15 is 0 Å². The maximum absolute atomic E-state index is 10.4. The summed E-state index contributed by atoms with van der Waals surface area (Å²) in [7, 11) is 0. The number of carbonyl (C=O) groups is 1. The van der Waals surface area contributed by atoms with Gasteiger partial charge in [-0.1, -0.05) is 0 Å². The van der Waals surface area contributed by atoms with Gasteiger partial charge in [-0.25, -0.2) is 0 Å². The average Bonchev–Trinajstić information content (AvgIpc) is 2.50. The topological polar surface area (TPSA) is 39.2 Å². The Morgan fingerprint density at radius 3 is 3.36 bits per heavy atom. The molecule has 0 unspecified atom stereocenters. The van der Waals surface area contributed by atoms with Gasteiger partial charge in [0.2, 0.25) is 0 Å². The summed E-state index contributed by atoms with van der Waals surface area (Å²) in [6, 6.07) is 1.79. The molecule has 2 heterocycles. The van der Waals surface area contributed by atoms with Gasteiger partial charge in [0.05, 0.1) is 6.61 Å². The molecule has 0 aromatic carbocycles. The summed E-state index contributed by atoms with van der Waals surface area (Å²) in [5.41, 5.74) is 1.46. The maximum Gasteiger partial charge on any atom is 0.168 e. The van der Waals surface area contributed by atoms with E-state index in [0.29, 0.717) is 12.3 Å². The second-order valence-electron chi connectivity index (χ2n) is 2.39. The number of rotatable bonds is 1. The van der Waals surface area contributed by atoms with Crippen LogP contribution in [0.5, 0.6) is 5.75 Å². The molecule has 0 bridgehead atoms. The van der Waals surface area contributed by atoms with Crippen molar-refractivity contribution in [1.82, 2.24) is 4.98 Å². The fraction of sp³-hybridized carbons (Fsp3) is 0.250. The third-order valence-corrected chi connectivity index (χ3v) is 1.77. The monoisotopic (exact) mass is 149 g/mol. The molecule has 0 saturated heterocycles. The average molecular weight is 149 g/mol. The first-order chi connectivity index (χ1) is 5.42. The Morgan fingerprint density at radius 2 is 2.55 bits per heavy atom. The fourth-order valence-electron chi connectivity index (χ4n) is 1.24. The lowest BCUT2D eigenvalue weighted by molar-refractivity contribution is 0.111. The van der Waals surface area contributed by atoms with E-state index in [1.807, 2.05) is 0 Å². The first-order valence-electron chi connectivity index (χ1n) is 3.47. The molecule has 0 N–H and O–H groups in total. The molecule has 1 aromatic heterocycles. The smallest absolute Gasteiger partial charge is 0.168 e. The van der Waals surface area contributed by atoms with Gasteiger partial charge in [-0.15, -0.1) is 0 Å². The van der Waals surface area contributed by atoms with Crippen LogP contribution in [0.1, 0.15) is 16.1 Å². The predicted octanol–water partition coefficient (Wildman–Crippen LogP) is 0.829. The molecule has 3 heteroatoms. The summed E-state index contributed by atoms with van der Waals surface area (Å²) in [4.78, 5) is 14.4. The van der Waals surface area contributed by atoms with Gasteiger partial charge in [0.15, 0.2) is 6.29 Å². The van der Waals surface area contributed by atoms with E-state index in [0.717, 1.165) is 24.0 Å². The highest BCUT2D eigenvalue weighted by Gasteiger charge is 2.15. The van der Waals surface area contributed by atoms with Crippen LogP contribution in [0.25, 0.3) is 0 Å². The summed E-state index contributed by atoms with van der Waals surface area (Å²) in [6.07, 6.45) is 3.17. The number of aromatic nitrogens is 1. The minimum absolute atomic E-state index is 0.514. The van der Waals surface area contributed by atoms with Gasteiger partial charge in [0.25, 0.3) is 0 Å². The van der Waals surface area contributed by atoms with Crippen LogP contribution in [0, 0.1) is 0 Å². The van der Waals surface area contributed by atoms with Crippen molar-refractivity contribution in [2.24, 2.45) is 0 Å². The van der Waals surface area contributed by atoms with Crippen LogP contribution in [-0.4, -0.2) is 17.9 Å². The zero-order chi connectivity index (χ0) is 7.68. The van der Waals surface area contributed by atoms with E-state index in [4.69, 9.17) is 4.74 Å². The molecule has 0 saturated carbocycles. The van der Waals surface area contributed by atoms with Crippen LogP contribution >= 0.6 is 0 Å². The molecule has 0 fully saturated rings. The third-order valence-electron chi connectivity index (χ3n) is 1.77. The van der Waals surface area contributed by atoms with Gasteiger partial charge < -0.3 is 4.74 Å². The number of nitrogens with zero attached hydrogens (tertiary/aromatic N) is 1. The minimum atomic E-state index is 0.514. The molecular formula is C8H7NO2. The van der Waals surface area contributed by atoms with Crippen LogP contribution in [0.15, 0.2) is 12.3 Å². The second kappa shape index (κ2) is 2.34. The van der Waals surface area contributed by atoms with Crippen molar-refractivity contribution in [3.05, 3.63) is 23.5 Å². The number of carbonyl (C=O) groups excluding carboxylic acids is 1. The molecule has 0 aliphatic carbocycles. The van der Waals surface area contributed by atoms with Crippen LogP contribution in [0.3, 0.4) is 0 Å². The molecule has 0 radical (unpaired) electrons. The molecule has 3 nitrogen and oxygen atoms in total. The first kappa shape index (κ1) is 6.34. The van der Waals surface area contributed by atoms with E-state index in [1.54, 1.807) is 12.3 Å². The number of fused-ring (bicyclic) bond motifs is 1. The standard InChI is InChI=1S/C8H7NO2/c10-5-7-6-2-4-11-8(6)1-3-9-7/h1,3,5H,2,4H2. The van der Waals surface area contributed by atoms with Crippen molar-refractivity contribution in [2.75, 3.05) is 6.61 Å². The zero-order valence-corrected chi connectivity index (χ0v) is 5.91. The highest BCUT2D eigenvalue weighted by molar-refractivity contribution is 5.75. The van der Waals surface area contributed by atoms with Gasteiger partial charge in [-0.2, -0.15) is 0 Å². The van der Waals surface area contributed by atoms with Gasteiger partial charge >= 0.3 is 0 Å². The van der Waals surface area contributed by atoms with E-state index in [9.17, 15) is 4.79 Å². The summed E-state index contributed by atoms with van der Waals surface area (Å²) < 4.78 is 5.24. The molecular weight excluding hydrogens is 142 g/mol. The van der Waals surface area contributed by atoms with E-state index < -0.39 is 0 Å². The predicted molar refractivity (Wildman–Crippen MR) is 38.8 cm³/mol. The number of pyridine rings is 1. The Morgan fingerprint density at radius 1 is 1.64 bits per heavy atom. The largest absolute Gasteiger partial charge is 0.493 e. The van der Waals surface area contributed by atoms with Gasteiger partial charge in [0.1, 0.15) is 11.4 Å². The molecule has 0 atom stereocenters. The van der Waals surface area contributed by atoms with Crippen LogP contribution in [0.2, 0.25) is 0 Å². The molecule has 1 aromatic rings. The van der Waals surface area contributed by atoms with Crippen molar-refractivity contribution in [1.29, 1.82) is 0 Å². The lowest BCUT2D eigenvalue weighted by atomic mass is 10.1. The normalized spacial score (nSPS) is 13.8. The quantitative estimate of drug-likeness (QED) is 0.555. The summed E-state index contributed by atoms with van der Waals surface area (Å²) >= 11 is 0. The Kier molecular flexibility index (Phi) is 1.35. The fourth-order valence-corrected chi connectivity index (χ4v) is 1.24. The Hall–Kier alpha value is -1.38. The molecule has 2 rings (SSSR count). The van der Waals surface area contributed by atoms with Gasteiger partial charge in [-0.3, -0.25) is 9.78 Å². The third kappa shape index (κ3) is 0.888. The van der Waals surface area contributed by atoms with E-state index in [1.165, 1.54) is 0 Å². The van der Waals surface area contributed by atoms with E-state index in [-0.39, 0.29) is 0 Å². The molecule has 1 aliphatic heterocycles. The van der Waals surface area contributed by atoms with Gasteiger partial charge in [-0.05, 0) is 6.07 Å². The minimum Gasteiger partial charge on any atom is -0.493 e. The van der Waals surface area contributed by atoms with Crippen LogP contribution in [0.4, 0.5) is 0 Å². The lowest BCUT2D eigenvalue weighted by Gasteiger charge is -1.97. The van der Waals surface area contributed by atoms with Crippen molar-refractivity contribution < 1.29 is 9.53 Å². The van der Waals surface area contributed by atoms with Crippen LogP contribution in [-0.2, 0) is 6.42 Å². The first-order valence-corrected chi connectivity index (χ1v) is 3.47. The Bertz CT molecular complexity index is 296. The maximum atomic E-state index is 10.4. The lowest BCUT2D eigenvalue weighted by Crippen LogP contribution is -1.91. The Balaban J connectivity index is 2.58. The summed E-state index contributed by atoms with van der Waals surface area (Å²) in [5, 5.41) is 0. The highest BCUT2D eigenvalue weighted by Crippen LogP contribution is 2.25. The van der Waals surface area contributed by atoms with Crippen molar-refractivity contribution >= 4 is 6.29 Å². The number of hydrogen-bond donors (Lipinski definition) is 0. The van der Waals surface area contributed by atoms with Gasteiger partial charge in [0, 0.05) is 18.2 Å². The molecule has 56 valence electrons. The molecule has 0 amide bonds. The van der Waals surface area contributed by atoms with E-state index in [2.05, 4.69) is 4.98 Å². The Labute approximate surface area is 64.0 Å². The zero-order valence-electron chi connectivity index (χ0n) is 5.91. The van der Waals surface area contributed by atoms with Crippen molar-refractivity contribution in [2.45, 2.75) is 6.42 Å². The van der Waals surface area contributed by atoms with Crippen molar-refractivity contribution in [3.63, 3.8) is 0 Å². The number of hydrogen-bond acceptors (Lipinski definition) is 3. The highest BCUT2D eigenvalue weighted by atomic mass is 16.5. The van der Waals surface area contributed by atoms with Crippen molar-refractivity contribution in [3.8, 4) is 5.75 Å². The molecule has 1 aliphatic rings. The second-order valence-corrected chi connectivity index (χ2v) is 2.39.